The van der Waals surface area contributed by atoms with Crippen LogP contribution in [0, 0.1) is 0 Å². The normalized spacial score (nSPS) is 12.0. The molecule has 0 aromatic heterocycles. The molecule has 0 unspecified atom stereocenters. The highest BCUT2D eigenvalue weighted by Gasteiger charge is 2.26. The second-order valence-electron chi connectivity index (χ2n) is 2.08. The number of rotatable bonds is 5. The van der Waals surface area contributed by atoms with Gasteiger partial charge in [-0.25, -0.2) is 4.57 Å². The third-order valence-electron chi connectivity index (χ3n) is 1.07. The first kappa shape index (κ1) is 11.5. The molecule has 0 saturated carbocycles. The van der Waals surface area contributed by atoms with Gasteiger partial charge >= 0.3 is 13.7 Å². The molecule has 0 rings (SSSR count). The van der Waals surface area contributed by atoms with Crippen molar-refractivity contribution in [2.24, 2.45) is 5.73 Å². The van der Waals surface area contributed by atoms with Crippen LogP contribution in [0.2, 0.25) is 0 Å². The van der Waals surface area contributed by atoms with Crippen LogP contribution in [-0.2, 0) is 9.36 Å². The molecule has 0 aromatic rings. The second kappa shape index (κ2) is 4.54. The van der Waals surface area contributed by atoms with Crippen molar-refractivity contribution in [3.05, 3.63) is 0 Å². The van der Waals surface area contributed by atoms with E-state index < -0.39 is 20.3 Å². The van der Waals surface area contributed by atoms with Gasteiger partial charge in [0.2, 0.25) is 0 Å². The zero-order valence-corrected chi connectivity index (χ0v) is 7.15. The van der Waals surface area contributed by atoms with Gasteiger partial charge in [0.1, 0.15) is 6.54 Å². The van der Waals surface area contributed by atoms with Crippen LogP contribution in [0.4, 0.5) is 0 Å². The van der Waals surface area contributed by atoms with E-state index in [-0.39, 0.29) is 13.1 Å². The van der Waals surface area contributed by atoms with Crippen LogP contribution in [-0.4, -0.2) is 45.2 Å². The second-order valence-corrected chi connectivity index (χ2v) is 3.68. The molecule has 0 atom stereocenters. The molecule has 0 fully saturated rings. The Labute approximate surface area is 69.0 Å². The fourth-order valence-electron chi connectivity index (χ4n) is 0.607. The van der Waals surface area contributed by atoms with Crippen molar-refractivity contribution >= 4 is 13.7 Å². The molecule has 0 spiro atoms. The Kier molecular flexibility index (Phi) is 4.36. The molecule has 72 valence electrons. The molecule has 0 aliphatic heterocycles. The van der Waals surface area contributed by atoms with Crippen molar-refractivity contribution in [1.29, 1.82) is 0 Å². The largest absolute Gasteiger partial charge is 0.480 e. The first-order valence-corrected chi connectivity index (χ1v) is 4.67. The maximum Gasteiger partial charge on any atom is 0.403 e. The van der Waals surface area contributed by atoms with Crippen LogP contribution >= 0.6 is 7.75 Å². The molecular weight excluding hydrogens is 187 g/mol. The van der Waals surface area contributed by atoms with E-state index in [1.54, 1.807) is 0 Å². The minimum atomic E-state index is -4.47. The quantitative estimate of drug-likeness (QED) is 0.393. The first-order chi connectivity index (χ1) is 5.38. The highest BCUT2D eigenvalue weighted by molar-refractivity contribution is 7.49. The van der Waals surface area contributed by atoms with E-state index in [0.717, 1.165) is 0 Å². The summed E-state index contributed by atoms with van der Waals surface area (Å²) < 4.78 is 11.1. The Morgan fingerprint density at radius 3 is 2.25 bits per heavy atom. The van der Waals surface area contributed by atoms with Crippen molar-refractivity contribution in [1.82, 2.24) is 4.67 Å². The monoisotopic (exact) mass is 198 g/mol. The summed E-state index contributed by atoms with van der Waals surface area (Å²) in [5.41, 5.74) is 5.02. The molecule has 0 aliphatic rings. The van der Waals surface area contributed by atoms with Gasteiger partial charge in [-0.2, -0.15) is 4.67 Å². The number of hydrogen-bond acceptors (Lipinski definition) is 3. The summed E-state index contributed by atoms with van der Waals surface area (Å²) >= 11 is 0. The molecule has 0 aliphatic carbocycles. The lowest BCUT2D eigenvalue weighted by molar-refractivity contribution is -0.137. The van der Waals surface area contributed by atoms with Gasteiger partial charge in [0.25, 0.3) is 0 Å². The molecule has 0 heterocycles. The Bertz CT molecular complexity index is 202. The van der Waals surface area contributed by atoms with Gasteiger partial charge in [-0.15, -0.1) is 0 Å². The van der Waals surface area contributed by atoms with Crippen LogP contribution < -0.4 is 5.73 Å². The van der Waals surface area contributed by atoms with Gasteiger partial charge in [-0.05, 0) is 0 Å². The number of hydrogen-bond donors (Lipinski definition) is 4. The lowest BCUT2D eigenvalue weighted by atomic mass is 10.6. The van der Waals surface area contributed by atoms with Crippen LogP contribution in [0.25, 0.3) is 0 Å². The van der Waals surface area contributed by atoms with Crippen molar-refractivity contribution in [2.75, 3.05) is 19.6 Å². The van der Waals surface area contributed by atoms with Crippen LogP contribution in [0.15, 0.2) is 0 Å². The van der Waals surface area contributed by atoms with Crippen molar-refractivity contribution < 1.29 is 24.3 Å². The number of carboxylic acids is 1. The molecule has 5 N–H and O–H groups in total. The fraction of sp³-hybridized carbons (Fsp3) is 0.750. The van der Waals surface area contributed by atoms with E-state index >= 15 is 0 Å². The third-order valence-corrected chi connectivity index (χ3v) is 2.15. The van der Waals surface area contributed by atoms with Gasteiger partial charge in [0.05, 0.1) is 0 Å². The molecule has 0 radical (unpaired) electrons. The molecule has 0 saturated heterocycles. The van der Waals surface area contributed by atoms with Gasteiger partial charge in [0.15, 0.2) is 0 Å². The predicted octanol–water partition coefficient (Wildman–Crippen LogP) is -1.58. The fourth-order valence-corrected chi connectivity index (χ4v) is 1.29. The van der Waals surface area contributed by atoms with E-state index in [9.17, 15) is 9.36 Å². The summed E-state index contributed by atoms with van der Waals surface area (Å²) in [4.78, 5) is 27.3. The number of nitrogens with zero attached hydrogens (tertiary/aromatic N) is 1. The third kappa shape index (κ3) is 4.42. The lowest BCUT2D eigenvalue weighted by Crippen LogP contribution is -2.31. The smallest absolute Gasteiger partial charge is 0.403 e. The summed E-state index contributed by atoms with van der Waals surface area (Å²) in [6.45, 7) is -0.851. The van der Waals surface area contributed by atoms with E-state index in [1.807, 2.05) is 0 Å². The summed E-state index contributed by atoms with van der Waals surface area (Å²) in [6.07, 6.45) is 0. The SMILES string of the molecule is NCCN(CC(=O)O)P(=O)(O)O. The molecule has 0 amide bonds. The van der Waals surface area contributed by atoms with Crippen LogP contribution in [0.5, 0.6) is 0 Å². The van der Waals surface area contributed by atoms with E-state index in [0.29, 0.717) is 4.67 Å². The van der Waals surface area contributed by atoms with Crippen molar-refractivity contribution in [3.8, 4) is 0 Å². The molecule has 7 nitrogen and oxygen atoms in total. The molecule has 0 bridgehead atoms. The molecular formula is C4H11N2O5P. The average Bonchev–Trinajstić information content (AvgIpc) is 1.83. The number of carbonyl (C=O) groups is 1. The minimum absolute atomic E-state index is 0.00160. The van der Waals surface area contributed by atoms with Crippen molar-refractivity contribution in [3.63, 3.8) is 0 Å². The summed E-state index contributed by atoms with van der Waals surface area (Å²) in [7, 11) is -4.47. The van der Waals surface area contributed by atoms with Gasteiger partial charge in [0, 0.05) is 13.1 Å². The Morgan fingerprint density at radius 1 is 1.50 bits per heavy atom. The summed E-state index contributed by atoms with van der Waals surface area (Å²) in [6, 6.07) is 0. The minimum Gasteiger partial charge on any atom is -0.480 e. The average molecular weight is 198 g/mol. The standard InChI is InChI=1S/C4H11N2O5P/c5-1-2-6(3-4(7)8)12(9,10)11/h1-3,5H2,(H,7,8)(H2,9,10,11). The summed E-state index contributed by atoms with van der Waals surface area (Å²) in [5.74, 6) is -1.30. The van der Waals surface area contributed by atoms with E-state index in [2.05, 4.69) is 0 Å². The first-order valence-electron chi connectivity index (χ1n) is 3.10. The Morgan fingerprint density at radius 2 is 2.00 bits per heavy atom. The zero-order valence-electron chi connectivity index (χ0n) is 6.25. The number of nitrogens with two attached hydrogens (primary N) is 1. The Hall–Kier alpha value is -0.460. The zero-order chi connectivity index (χ0) is 9.78. The van der Waals surface area contributed by atoms with E-state index in [1.165, 1.54) is 0 Å². The maximum absolute atomic E-state index is 10.6. The Balaban J connectivity index is 4.24. The summed E-state index contributed by atoms with van der Waals surface area (Å²) in [5, 5.41) is 8.25. The van der Waals surface area contributed by atoms with Crippen LogP contribution in [0.1, 0.15) is 0 Å². The topological polar surface area (TPSA) is 124 Å². The number of carboxylic acid groups (broad SMARTS) is 1. The van der Waals surface area contributed by atoms with Gasteiger partial charge in [-0.3, -0.25) is 4.79 Å². The molecule has 12 heavy (non-hydrogen) atoms. The van der Waals surface area contributed by atoms with Crippen LogP contribution in [0.3, 0.4) is 0 Å². The predicted molar refractivity (Wildman–Crippen MR) is 40.3 cm³/mol. The van der Waals surface area contributed by atoms with Gasteiger partial charge < -0.3 is 20.6 Å². The van der Waals surface area contributed by atoms with Gasteiger partial charge in [-0.1, -0.05) is 0 Å². The lowest BCUT2D eigenvalue weighted by Gasteiger charge is -2.19. The van der Waals surface area contributed by atoms with Crippen molar-refractivity contribution in [2.45, 2.75) is 0 Å². The molecule has 8 heteroatoms. The number of aliphatic carboxylic acids is 1. The highest BCUT2D eigenvalue weighted by Crippen LogP contribution is 2.38. The van der Waals surface area contributed by atoms with E-state index in [4.69, 9.17) is 20.6 Å². The maximum atomic E-state index is 10.6. The molecule has 0 aromatic carbocycles. The highest BCUT2D eigenvalue weighted by atomic mass is 31.2.